The van der Waals surface area contributed by atoms with Gasteiger partial charge in [0.25, 0.3) is 0 Å². The second-order valence-electron chi connectivity index (χ2n) is 13.0. The second-order valence-corrected chi connectivity index (χ2v) is 13.0. The van der Waals surface area contributed by atoms with Crippen LogP contribution >= 0.6 is 0 Å². The summed E-state index contributed by atoms with van der Waals surface area (Å²) in [5, 5.41) is 9.51. The molecule has 0 N–H and O–H groups in total. The van der Waals surface area contributed by atoms with Crippen molar-refractivity contribution in [1.29, 1.82) is 0 Å². The molecule has 0 aliphatic carbocycles. The molecule has 0 heterocycles. The molecule has 0 saturated heterocycles. The third-order valence-electron chi connectivity index (χ3n) is 9.96. The van der Waals surface area contributed by atoms with Crippen molar-refractivity contribution in [1.82, 2.24) is 0 Å². The second kappa shape index (κ2) is 13.2. The molecule has 0 aliphatic rings. The van der Waals surface area contributed by atoms with E-state index < -0.39 is 0 Å². The Balaban J connectivity index is 1.17. The number of hydrogen-bond donors (Lipinski definition) is 0. The van der Waals surface area contributed by atoms with Crippen LogP contribution < -0.4 is 19.3 Å². The molecule has 4 heteroatoms. The highest BCUT2D eigenvalue weighted by atomic mass is 16.5. The Hall–Kier alpha value is -6.78. The molecule has 9 aromatic carbocycles. The lowest BCUT2D eigenvalue weighted by atomic mass is 10.0. The van der Waals surface area contributed by atoms with Crippen molar-refractivity contribution in [3.05, 3.63) is 182 Å². The minimum absolute atomic E-state index is 0.831. The van der Waals surface area contributed by atoms with E-state index in [0.29, 0.717) is 0 Å². The molecule has 0 radical (unpaired) electrons. The lowest BCUT2D eigenvalue weighted by molar-refractivity contribution is 0.414. The Morgan fingerprint density at radius 1 is 0.308 bits per heavy atom. The molecule has 0 unspecified atom stereocenters. The summed E-state index contributed by atoms with van der Waals surface area (Å²) >= 11 is 0. The fraction of sp³-hybridized carbons (Fsp3) is 0.0417. The molecule has 0 spiro atoms. The van der Waals surface area contributed by atoms with E-state index in [1.165, 1.54) is 43.1 Å². The van der Waals surface area contributed by atoms with Gasteiger partial charge in [-0.3, -0.25) is 0 Å². The van der Waals surface area contributed by atoms with Crippen molar-refractivity contribution >= 4 is 77.2 Å². The Kier molecular flexibility index (Phi) is 7.90. The smallest absolute Gasteiger partial charge is 0.119 e. The van der Waals surface area contributed by atoms with Gasteiger partial charge in [0.05, 0.1) is 25.6 Å². The first-order valence-electron chi connectivity index (χ1n) is 17.5. The molecular weight excluding hydrogens is 637 g/mol. The third kappa shape index (κ3) is 5.61. The fourth-order valence-corrected chi connectivity index (χ4v) is 7.37. The fourth-order valence-electron chi connectivity index (χ4n) is 7.37. The summed E-state index contributed by atoms with van der Waals surface area (Å²) < 4.78 is 11.0. The largest absolute Gasteiger partial charge is 0.497 e. The Morgan fingerprint density at radius 3 is 1.12 bits per heavy atom. The van der Waals surface area contributed by atoms with Crippen LogP contribution in [0.2, 0.25) is 0 Å². The molecule has 52 heavy (non-hydrogen) atoms. The maximum atomic E-state index is 5.50. The molecule has 9 aromatic rings. The van der Waals surface area contributed by atoms with Crippen molar-refractivity contribution in [2.75, 3.05) is 24.0 Å². The normalized spacial score (nSPS) is 11.3. The topological polar surface area (TPSA) is 24.9 Å². The standard InChI is InChI=1S/C48H36N2O2/c1-51-43-25-21-39(22-26-43)49(47-15-7-11-33-9-3-5-13-45(33)47)41-19-17-35-30-38-32-42(20-18-36(38)29-37(35)31-41)50(40-23-27-44(52-2)28-24-40)48-16-8-12-34-10-4-6-14-46(34)48/h3-32H,1-2H3. The molecular formula is C48H36N2O2. The van der Waals surface area contributed by atoms with Gasteiger partial charge in [0, 0.05) is 33.5 Å². The Morgan fingerprint density at radius 2 is 0.692 bits per heavy atom. The first-order valence-corrected chi connectivity index (χ1v) is 17.5. The summed E-state index contributed by atoms with van der Waals surface area (Å²) in [4.78, 5) is 4.68. The van der Waals surface area contributed by atoms with E-state index in [1.807, 2.05) is 24.3 Å². The van der Waals surface area contributed by atoms with E-state index in [1.54, 1.807) is 14.2 Å². The number of fused-ring (bicyclic) bond motifs is 4. The average Bonchev–Trinajstić information content (AvgIpc) is 3.21. The van der Waals surface area contributed by atoms with E-state index in [2.05, 4.69) is 168 Å². The molecule has 0 fully saturated rings. The lowest BCUT2D eigenvalue weighted by Crippen LogP contribution is -2.10. The predicted octanol–water partition coefficient (Wildman–Crippen LogP) is 13.3. The van der Waals surface area contributed by atoms with Gasteiger partial charge in [0.2, 0.25) is 0 Å². The van der Waals surface area contributed by atoms with Crippen LogP contribution in [-0.4, -0.2) is 14.2 Å². The zero-order valence-electron chi connectivity index (χ0n) is 29.0. The maximum Gasteiger partial charge on any atom is 0.119 e. The van der Waals surface area contributed by atoms with E-state index in [4.69, 9.17) is 9.47 Å². The van der Waals surface area contributed by atoms with Gasteiger partial charge in [-0.2, -0.15) is 0 Å². The van der Waals surface area contributed by atoms with Crippen LogP contribution in [0.25, 0.3) is 43.1 Å². The van der Waals surface area contributed by atoms with Crippen LogP contribution in [0.4, 0.5) is 34.1 Å². The third-order valence-corrected chi connectivity index (χ3v) is 9.96. The van der Waals surface area contributed by atoms with E-state index >= 15 is 0 Å². The molecule has 0 atom stereocenters. The van der Waals surface area contributed by atoms with Gasteiger partial charge in [0.1, 0.15) is 11.5 Å². The summed E-state index contributed by atoms with van der Waals surface area (Å²) in [6.07, 6.45) is 0. The van der Waals surface area contributed by atoms with Crippen LogP contribution in [0.1, 0.15) is 0 Å². The molecule has 0 bridgehead atoms. The average molecular weight is 673 g/mol. The minimum Gasteiger partial charge on any atom is -0.497 e. The SMILES string of the molecule is COc1ccc(N(c2ccc3cc4cc(N(c5ccc(OC)cc5)c5cccc6ccccc56)ccc4cc3c2)c2cccc3ccccc23)cc1. The van der Waals surface area contributed by atoms with Gasteiger partial charge in [-0.1, -0.05) is 84.9 Å². The Labute approximate surface area is 303 Å². The summed E-state index contributed by atoms with van der Waals surface area (Å²) in [5.41, 5.74) is 6.56. The van der Waals surface area contributed by atoms with E-state index in [-0.39, 0.29) is 0 Å². The zero-order valence-corrected chi connectivity index (χ0v) is 29.0. The van der Waals surface area contributed by atoms with Crippen molar-refractivity contribution in [3.8, 4) is 11.5 Å². The van der Waals surface area contributed by atoms with Gasteiger partial charge < -0.3 is 19.3 Å². The van der Waals surface area contributed by atoms with Gasteiger partial charge >= 0.3 is 0 Å². The maximum absolute atomic E-state index is 5.50. The first-order chi connectivity index (χ1) is 25.7. The predicted molar refractivity (Wildman–Crippen MR) is 219 cm³/mol. The zero-order chi connectivity index (χ0) is 35.0. The Bertz CT molecular complexity index is 2520. The molecule has 4 nitrogen and oxygen atoms in total. The highest BCUT2D eigenvalue weighted by molar-refractivity contribution is 6.05. The number of ether oxygens (including phenoxy) is 2. The highest BCUT2D eigenvalue weighted by Crippen LogP contribution is 2.43. The van der Waals surface area contributed by atoms with Crippen LogP contribution in [0.15, 0.2) is 182 Å². The number of rotatable bonds is 8. The van der Waals surface area contributed by atoms with E-state index in [9.17, 15) is 0 Å². The number of nitrogens with zero attached hydrogens (tertiary/aromatic N) is 2. The van der Waals surface area contributed by atoms with Gasteiger partial charge in [-0.05, 0) is 129 Å². The van der Waals surface area contributed by atoms with E-state index in [0.717, 1.165) is 45.6 Å². The summed E-state index contributed by atoms with van der Waals surface area (Å²) in [6.45, 7) is 0. The van der Waals surface area contributed by atoms with Gasteiger partial charge in [0.15, 0.2) is 0 Å². The highest BCUT2D eigenvalue weighted by Gasteiger charge is 2.18. The number of benzene rings is 9. The first kappa shape index (κ1) is 31.2. The van der Waals surface area contributed by atoms with Gasteiger partial charge in [-0.25, -0.2) is 0 Å². The summed E-state index contributed by atoms with van der Waals surface area (Å²) in [6, 6.07) is 64.8. The molecule has 250 valence electrons. The number of hydrogen-bond acceptors (Lipinski definition) is 4. The van der Waals surface area contributed by atoms with Crippen LogP contribution in [0.3, 0.4) is 0 Å². The van der Waals surface area contributed by atoms with Crippen molar-refractivity contribution in [2.24, 2.45) is 0 Å². The molecule has 0 saturated carbocycles. The molecule has 0 amide bonds. The minimum atomic E-state index is 0.831. The number of methoxy groups -OCH3 is 2. The molecule has 0 aromatic heterocycles. The molecule has 9 rings (SSSR count). The van der Waals surface area contributed by atoms with Crippen molar-refractivity contribution < 1.29 is 9.47 Å². The monoisotopic (exact) mass is 672 g/mol. The lowest BCUT2D eigenvalue weighted by Gasteiger charge is -2.28. The van der Waals surface area contributed by atoms with Gasteiger partial charge in [-0.15, -0.1) is 0 Å². The summed E-state index contributed by atoms with van der Waals surface area (Å²) in [5.74, 6) is 1.66. The van der Waals surface area contributed by atoms with Crippen LogP contribution in [0, 0.1) is 0 Å². The quantitative estimate of drug-likeness (QED) is 0.150. The van der Waals surface area contributed by atoms with Crippen molar-refractivity contribution in [3.63, 3.8) is 0 Å². The molecule has 0 aliphatic heterocycles. The number of anilines is 6. The van der Waals surface area contributed by atoms with Crippen LogP contribution in [0.5, 0.6) is 11.5 Å². The summed E-state index contributed by atoms with van der Waals surface area (Å²) in [7, 11) is 3.41. The van der Waals surface area contributed by atoms with Crippen LogP contribution in [-0.2, 0) is 0 Å². The van der Waals surface area contributed by atoms with Crippen molar-refractivity contribution in [2.45, 2.75) is 0 Å².